The number of hydrogen-bond acceptors (Lipinski definition) is 3. The average molecular weight is 177 g/mol. The first kappa shape index (κ1) is 10.0. The van der Waals surface area contributed by atoms with Crippen LogP contribution in [-0.4, -0.2) is 13.1 Å². The summed E-state index contributed by atoms with van der Waals surface area (Å²) in [5, 5.41) is 0. The van der Waals surface area contributed by atoms with Crippen molar-refractivity contribution in [1.29, 1.82) is 0 Å². The SMILES string of the molecule is COC(=O)c1ccc(C)o1.Cl. The quantitative estimate of drug-likeness (QED) is 0.613. The number of methoxy groups -OCH3 is 1. The summed E-state index contributed by atoms with van der Waals surface area (Å²) in [6, 6.07) is 3.30. The third-order valence-electron chi connectivity index (χ3n) is 1.13. The van der Waals surface area contributed by atoms with Crippen molar-refractivity contribution in [1.82, 2.24) is 0 Å². The van der Waals surface area contributed by atoms with Crippen molar-refractivity contribution in [3.05, 3.63) is 23.7 Å². The Morgan fingerprint density at radius 1 is 1.55 bits per heavy atom. The summed E-state index contributed by atoms with van der Waals surface area (Å²) < 4.78 is 9.38. The van der Waals surface area contributed by atoms with E-state index in [4.69, 9.17) is 4.42 Å². The molecule has 1 aromatic rings. The van der Waals surface area contributed by atoms with Crippen molar-refractivity contribution < 1.29 is 13.9 Å². The predicted molar refractivity (Wildman–Crippen MR) is 42.0 cm³/mol. The van der Waals surface area contributed by atoms with E-state index >= 15 is 0 Å². The van der Waals surface area contributed by atoms with Gasteiger partial charge in [-0.25, -0.2) is 4.79 Å². The maximum atomic E-state index is 10.7. The third kappa shape index (κ3) is 2.27. The molecular formula is C7H9ClO3. The Morgan fingerprint density at radius 2 is 2.18 bits per heavy atom. The summed E-state index contributed by atoms with van der Waals surface area (Å²) in [6.07, 6.45) is 0. The molecule has 0 aliphatic rings. The Labute approximate surface area is 70.7 Å². The normalized spacial score (nSPS) is 8.55. The summed E-state index contributed by atoms with van der Waals surface area (Å²) in [7, 11) is 1.32. The molecule has 0 amide bonds. The number of furan rings is 1. The minimum atomic E-state index is -0.437. The lowest BCUT2D eigenvalue weighted by atomic mass is 10.4. The second-order valence-corrected chi connectivity index (χ2v) is 1.90. The van der Waals surface area contributed by atoms with Crippen LogP contribution in [0.2, 0.25) is 0 Å². The smallest absolute Gasteiger partial charge is 0.373 e. The van der Waals surface area contributed by atoms with Crippen LogP contribution in [0.1, 0.15) is 16.3 Å². The predicted octanol–water partition coefficient (Wildman–Crippen LogP) is 1.80. The van der Waals surface area contributed by atoms with Crippen LogP contribution in [0.5, 0.6) is 0 Å². The molecule has 1 rings (SSSR count). The highest BCUT2D eigenvalue weighted by atomic mass is 35.5. The molecule has 0 bridgehead atoms. The fourth-order valence-electron chi connectivity index (χ4n) is 0.645. The Kier molecular flexibility index (Phi) is 3.68. The second-order valence-electron chi connectivity index (χ2n) is 1.90. The van der Waals surface area contributed by atoms with E-state index in [-0.39, 0.29) is 18.2 Å². The van der Waals surface area contributed by atoms with Gasteiger partial charge in [-0.15, -0.1) is 12.4 Å². The summed E-state index contributed by atoms with van der Waals surface area (Å²) >= 11 is 0. The first-order chi connectivity index (χ1) is 4.74. The topological polar surface area (TPSA) is 39.4 Å². The number of aryl methyl sites for hydroxylation is 1. The van der Waals surface area contributed by atoms with Gasteiger partial charge < -0.3 is 9.15 Å². The van der Waals surface area contributed by atoms with Crippen LogP contribution >= 0.6 is 12.4 Å². The van der Waals surface area contributed by atoms with E-state index in [0.717, 1.165) is 0 Å². The van der Waals surface area contributed by atoms with Gasteiger partial charge in [0.1, 0.15) is 5.76 Å². The molecule has 4 heteroatoms. The number of ether oxygens (including phenoxy) is 1. The zero-order chi connectivity index (χ0) is 7.56. The van der Waals surface area contributed by atoms with Gasteiger partial charge in [0.15, 0.2) is 0 Å². The van der Waals surface area contributed by atoms with Gasteiger partial charge in [-0.2, -0.15) is 0 Å². The number of esters is 1. The van der Waals surface area contributed by atoms with Gasteiger partial charge in [-0.05, 0) is 19.1 Å². The van der Waals surface area contributed by atoms with E-state index in [0.29, 0.717) is 5.76 Å². The number of rotatable bonds is 1. The number of halogens is 1. The van der Waals surface area contributed by atoms with Gasteiger partial charge in [0.25, 0.3) is 0 Å². The summed E-state index contributed by atoms with van der Waals surface area (Å²) in [4.78, 5) is 10.7. The lowest BCUT2D eigenvalue weighted by Gasteiger charge is -1.90. The van der Waals surface area contributed by atoms with Crippen LogP contribution in [-0.2, 0) is 4.74 Å². The van der Waals surface area contributed by atoms with Crippen molar-refractivity contribution in [3.63, 3.8) is 0 Å². The van der Waals surface area contributed by atoms with E-state index in [2.05, 4.69) is 4.74 Å². The first-order valence-corrected chi connectivity index (χ1v) is 2.89. The minimum Gasteiger partial charge on any atom is -0.463 e. The van der Waals surface area contributed by atoms with Crippen LogP contribution in [0.4, 0.5) is 0 Å². The van der Waals surface area contributed by atoms with Crippen LogP contribution < -0.4 is 0 Å². The van der Waals surface area contributed by atoms with Gasteiger partial charge >= 0.3 is 5.97 Å². The molecule has 62 valence electrons. The van der Waals surface area contributed by atoms with Gasteiger partial charge in [-0.3, -0.25) is 0 Å². The molecular weight excluding hydrogens is 168 g/mol. The molecule has 0 saturated carbocycles. The Balaban J connectivity index is 0.000001000. The number of carbonyl (C=O) groups excluding carboxylic acids is 1. The van der Waals surface area contributed by atoms with Crippen LogP contribution in [0, 0.1) is 6.92 Å². The first-order valence-electron chi connectivity index (χ1n) is 2.89. The van der Waals surface area contributed by atoms with Gasteiger partial charge in [-0.1, -0.05) is 0 Å². The Morgan fingerprint density at radius 3 is 2.55 bits per heavy atom. The van der Waals surface area contributed by atoms with Crippen LogP contribution in [0.15, 0.2) is 16.5 Å². The maximum Gasteiger partial charge on any atom is 0.373 e. The largest absolute Gasteiger partial charge is 0.463 e. The van der Waals surface area contributed by atoms with Crippen LogP contribution in [0.3, 0.4) is 0 Å². The maximum absolute atomic E-state index is 10.7. The van der Waals surface area contributed by atoms with Crippen molar-refractivity contribution in [2.45, 2.75) is 6.92 Å². The fraction of sp³-hybridized carbons (Fsp3) is 0.286. The van der Waals surface area contributed by atoms with Crippen molar-refractivity contribution in [2.75, 3.05) is 7.11 Å². The molecule has 0 unspecified atom stereocenters. The molecule has 0 saturated heterocycles. The van der Waals surface area contributed by atoms with Crippen molar-refractivity contribution in [3.8, 4) is 0 Å². The lowest BCUT2D eigenvalue weighted by molar-refractivity contribution is 0.0563. The standard InChI is InChI=1S/C7H8O3.ClH/c1-5-3-4-6(10-5)7(8)9-2;/h3-4H,1-2H3;1H. The summed E-state index contributed by atoms with van der Waals surface area (Å²) in [6.45, 7) is 1.77. The molecule has 3 nitrogen and oxygen atoms in total. The van der Waals surface area contributed by atoms with E-state index in [1.165, 1.54) is 7.11 Å². The van der Waals surface area contributed by atoms with E-state index in [1.807, 2.05) is 0 Å². The zero-order valence-electron chi connectivity index (χ0n) is 6.29. The lowest BCUT2D eigenvalue weighted by Crippen LogP contribution is -1.97. The fourth-order valence-corrected chi connectivity index (χ4v) is 0.645. The molecule has 11 heavy (non-hydrogen) atoms. The summed E-state index contributed by atoms with van der Waals surface area (Å²) in [5.41, 5.74) is 0. The molecule has 1 aromatic heterocycles. The highest BCUT2D eigenvalue weighted by molar-refractivity contribution is 5.86. The van der Waals surface area contributed by atoms with Gasteiger partial charge in [0, 0.05) is 0 Å². The van der Waals surface area contributed by atoms with E-state index < -0.39 is 5.97 Å². The highest BCUT2D eigenvalue weighted by Crippen LogP contribution is 2.06. The molecule has 0 fully saturated rings. The molecule has 0 atom stereocenters. The van der Waals surface area contributed by atoms with Gasteiger partial charge in [0.2, 0.25) is 5.76 Å². The van der Waals surface area contributed by atoms with E-state index in [1.54, 1.807) is 19.1 Å². The molecule has 1 heterocycles. The second kappa shape index (κ2) is 4.03. The van der Waals surface area contributed by atoms with E-state index in [9.17, 15) is 4.79 Å². The zero-order valence-corrected chi connectivity index (χ0v) is 7.10. The molecule has 0 N–H and O–H groups in total. The highest BCUT2D eigenvalue weighted by Gasteiger charge is 2.07. The number of carbonyl (C=O) groups is 1. The molecule has 0 radical (unpaired) electrons. The third-order valence-corrected chi connectivity index (χ3v) is 1.13. The Hall–Kier alpha value is -0.960. The molecule has 0 spiro atoms. The minimum absolute atomic E-state index is 0. The average Bonchev–Trinajstić information content (AvgIpc) is 2.34. The molecule has 0 aliphatic carbocycles. The monoisotopic (exact) mass is 176 g/mol. The van der Waals surface area contributed by atoms with Gasteiger partial charge in [0.05, 0.1) is 7.11 Å². The summed E-state index contributed by atoms with van der Waals surface area (Å²) in [5.74, 6) is 0.522. The molecule has 0 aliphatic heterocycles. The molecule has 0 aromatic carbocycles. The number of hydrogen-bond donors (Lipinski definition) is 0. The van der Waals surface area contributed by atoms with Crippen LogP contribution in [0.25, 0.3) is 0 Å². The van der Waals surface area contributed by atoms with Crippen molar-refractivity contribution in [2.24, 2.45) is 0 Å². The Bertz CT molecular complexity index is 242. The van der Waals surface area contributed by atoms with Crippen molar-refractivity contribution >= 4 is 18.4 Å².